The van der Waals surface area contributed by atoms with E-state index in [1.165, 1.54) is 0 Å². The monoisotopic (exact) mass is 852 g/mol. The van der Waals surface area contributed by atoms with Crippen LogP contribution in [0.4, 0.5) is 5.69 Å². The van der Waals surface area contributed by atoms with Crippen molar-refractivity contribution in [3.63, 3.8) is 0 Å². The summed E-state index contributed by atoms with van der Waals surface area (Å²) in [6.45, 7) is 25.2. The highest BCUT2D eigenvalue weighted by Gasteiger charge is 2.48. The number of hydrogen-bond donors (Lipinski definition) is 0. The summed E-state index contributed by atoms with van der Waals surface area (Å²) in [5, 5.41) is 0. The standard InChI is InChI=1S/C47H72N2O8SSi/c1-11-54-38(9)30-53-31-39-15-18-41(19-16-39)44-28-42(33-57-59(34(2)3,35(4)5)36(6)7)49(58(50,51)43-20-13-37(8)14-21-43)29-47(44)56-32-40-17-22-46-45(27-40)48(24-26-55-46)23-12-25-52-10/h13-22,27,34-36,38,42,44,47H,11-12,23-26,28-33H2,1-10H3/t38-,42+,44-,47+/m1/s1. The zero-order chi connectivity index (χ0) is 42.7. The van der Waals surface area contributed by atoms with Crippen molar-refractivity contribution in [2.45, 2.75) is 134 Å². The molecule has 0 aliphatic carbocycles. The fourth-order valence-corrected chi connectivity index (χ4v) is 16.5. The van der Waals surface area contributed by atoms with E-state index >= 15 is 0 Å². The van der Waals surface area contributed by atoms with E-state index in [4.69, 9.17) is 28.1 Å². The van der Waals surface area contributed by atoms with Crippen molar-refractivity contribution in [2.75, 3.05) is 64.7 Å². The van der Waals surface area contributed by atoms with E-state index in [9.17, 15) is 8.42 Å². The van der Waals surface area contributed by atoms with E-state index in [2.05, 4.69) is 82.8 Å². The van der Waals surface area contributed by atoms with Crippen molar-refractivity contribution in [3.8, 4) is 5.75 Å². The van der Waals surface area contributed by atoms with Crippen LogP contribution in [0.2, 0.25) is 16.6 Å². The van der Waals surface area contributed by atoms with Gasteiger partial charge in [0.2, 0.25) is 10.0 Å². The fourth-order valence-electron chi connectivity index (χ4n) is 9.35. The average Bonchev–Trinajstić information content (AvgIpc) is 3.20. The summed E-state index contributed by atoms with van der Waals surface area (Å²) >= 11 is 0. The van der Waals surface area contributed by atoms with Gasteiger partial charge in [-0.2, -0.15) is 4.31 Å². The van der Waals surface area contributed by atoms with Gasteiger partial charge in [0.05, 0.1) is 55.8 Å². The van der Waals surface area contributed by atoms with Crippen LogP contribution in [0.5, 0.6) is 5.75 Å². The van der Waals surface area contributed by atoms with Gasteiger partial charge in [-0.25, -0.2) is 8.42 Å². The van der Waals surface area contributed by atoms with Crippen LogP contribution in [0.1, 0.15) is 96.4 Å². The molecule has 0 amide bonds. The Bertz CT molecular complexity index is 1820. The first-order valence-corrected chi connectivity index (χ1v) is 25.4. The van der Waals surface area contributed by atoms with Gasteiger partial charge < -0.3 is 33.0 Å². The van der Waals surface area contributed by atoms with Crippen LogP contribution in [0.25, 0.3) is 0 Å². The molecule has 59 heavy (non-hydrogen) atoms. The summed E-state index contributed by atoms with van der Waals surface area (Å²) in [5.41, 5.74) is 6.35. The number of hydrogen-bond acceptors (Lipinski definition) is 9. The minimum absolute atomic E-state index is 0.0305. The predicted octanol–water partition coefficient (Wildman–Crippen LogP) is 9.50. The molecule has 2 aliphatic heterocycles. The van der Waals surface area contributed by atoms with Crippen LogP contribution in [0.3, 0.4) is 0 Å². The Morgan fingerprint density at radius 1 is 0.881 bits per heavy atom. The third-order valence-electron chi connectivity index (χ3n) is 12.3. The number of aryl methyl sites for hydroxylation is 1. The van der Waals surface area contributed by atoms with Gasteiger partial charge in [-0.15, -0.1) is 0 Å². The molecule has 3 aromatic carbocycles. The Kier molecular flexibility index (Phi) is 17.5. The van der Waals surface area contributed by atoms with Gasteiger partial charge in [0.1, 0.15) is 12.4 Å². The van der Waals surface area contributed by atoms with Crippen molar-refractivity contribution in [2.24, 2.45) is 0 Å². The lowest BCUT2D eigenvalue weighted by Gasteiger charge is -2.47. The number of ether oxygens (including phenoxy) is 5. The van der Waals surface area contributed by atoms with Crippen LogP contribution < -0.4 is 9.64 Å². The number of methoxy groups -OCH3 is 1. The largest absolute Gasteiger partial charge is 0.490 e. The Labute approximate surface area is 357 Å². The lowest BCUT2D eigenvalue weighted by molar-refractivity contribution is -0.0262. The van der Waals surface area contributed by atoms with Crippen LogP contribution >= 0.6 is 0 Å². The van der Waals surface area contributed by atoms with Crippen molar-refractivity contribution in [3.05, 3.63) is 89.0 Å². The molecule has 2 heterocycles. The molecule has 10 nitrogen and oxygen atoms in total. The molecule has 0 radical (unpaired) electrons. The predicted molar refractivity (Wildman–Crippen MR) is 240 cm³/mol. The Morgan fingerprint density at radius 2 is 1.56 bits per heavy atom. The summed E-state index contributed by atoms with van der Waals surface area (Å²) in [7, 11) is -4.50. The Morgan fingerprint density at radius 3 is 2.20 bits per heavy atom. The van der Waals surface area contributed by atoms with Crippen molar-refractivity contribution < 1.29 is 36.5 Å². The molecule has 0 aromatic heterocycles. The van der Waals surface area contributed by atoms with E-state index in [1.807, 2.05) is 39.0 Å². The second-order valence-electron chi connectivity index (χ2n) is 17.4. The van der Waals surface area contributed by atoms with Crippen LogP contribution in [0, 0.1) is 6.92 Å². The van der Waals surface area contributed by atoms with Crippen LogP contribution in [0.15, 0.2) is 71.6 Å². The lowest BCUT2D eigenvalue weighted by atomic mass is 9.84. The molecule has 328 valence electrons. The third kappa shape index (κ3) is 11.8. The van der Waals surface area contributed by atoms with E-state index < -0.39 is 24.4 Å². The Hall–Kier alpha value is -2.81. The summed E-state index contributed by atoms with van der Waals surface area (Å²) < 4.78 is 68.5. The molecular weight excluding hydrogens is 781 g/mol. The molecule has 5 rings (SSSR count). The first-order chi connectivity index (χ1) is 28.2. The molecule has 4 atom stereocenters. The van der Waals surface area contributed by atoms with Crippen molar-refractivity contribution in [1.82, 2.24) is 4.31 Å². The molecular formula is C47H72N2O8SSi. The summed E-state index contributed by atoms with van der Waals surface area (Å²) in [6, 6.07) is 21.6. The van der Waals surface area contributed by atoms with Gasteiger partial charge in [0, 0.05) is 45.4 Å². The smallest absolute Gasteiger partial charge is 0.243 e. The van der Waals surface area contributed by atoms with Gasteiger partial charge in [0.25, 0.3) is 0 Å². The Balaban J connectivity index is 1.49. The zero-order valence-corrected chi connectivity index (χ0v) is 39.3. The maximum absolute atomic E-state index is 14.8. The number of fused-ring (bicyclic) bond motifs is 1. The summed E-state index contributed by atoms with van der Waals surface area (Å²) in [6.07, 6.45) is 1.08. The van der Waals surface area contributed by atoms with Gasteiger partial charge in [-0.3, -0.25) is 0 Å². The molecule has 1 fully saturated rings. The third-order valence-corrected chi connectivity index (χ3v) is 20.3. The highest BCUT2D eigenvalue weighted by molar-refractivity contribution is 7.89. The minimum Gasteiger partial charge on any atom is -0.490 e. The first-order valence-electron chi connectivity index (χ1n) is 21.8. The molecule has 3 aromatic rings. The van der Waals surface area contributed by atoms with Crippen LogP contribution in [-0.2, 0) is 46.6 Å². The first kappa shape index (κ1) is 47.2. The molecule has 0 N–H and O–H groups in total. The number of nitrogens with zero attached hydrogens (tertiary/aromatic N) is 2. The second-order valence-corrected chi connectivity index (χ2v) is 24.7. The average molecular weight is 853 g/mol. The quantitative estimate of drug-likeness (QED) is 0.0724. The highest BCUT2D eigenvalue weighted by Crippen LogP contribution is 2.44. The maximum atomic E-state index is 14.8. The molecule has 12 heteroatoms. The molecule has 2 aliphatic rings. The van der Waals surface area contributed by atoms with E-state index in [0.29, 0.717) is 69.3 Å². The fraction of sp³-hybridized carbons (Fsp3) is 0.617. The number of rotatable bonds is 22. The normalized spacial score (nSPS) is 19.7. The number of piperidine rings is 1. The second kappa shape index (κ2) is 21.8. The van der Waals surface area contributed by atoms with Crippen LogP contribution in [-0.4, -0.2) is 99.1 Å². The molecule has 0 saturated carbocycles. The van der Waals surface area contributed by atoms with E-state index in [1.54, 1.807) is 23.5 Å². The van der Waals surface area contributed by atoms with Gasteiger partial charge in [-0.05, 0) is 91.2 Å². The van der Waals surface area contributed by atoms with Gasteiger partial charge in [0.15, 0.2) is 8.32 Å². The summed E-state index contributed by atoms with van der Waals surface area (Å²) in [5.74, 6) is 0.784. The van der Waals surface area contributed by atoms with Crippen molar-refractivity contribution in [1.29, 1.82) is 0 Å². The number of anilines is 1. The van der Waals surface area contributed by atoms with Gasteiger partial charge in [-0.1, -0.05) is 89.6 Å². The molecule has 0 unspecified atom stereocenters. The summed E-state index contributed by atoms with van der Waals surface area (Å²) in [4.78, 5) is 2.64. The SMILES string of the molecule is CCO[C@H](C)COCc1ccc([C@H]2C[C@@H](CO[Si](C(C)C)(C(C)C)C(C)C)N(S(=O)(=O)c3ccc(C)cc3)C[C@@H]2OCc2ccc3c(c2)N(CCCOC)CCO3)cc1. The lowest BCUT2D eigenvalue weighted by Crippen LogP contribution is -2.56. The maximum Gasteiger partial charge on any atom is 0.243 e. The molecule has 0 spiro atoms. The topological polar surface area (TPSA) is 96.0 Å². The van der Waals surface area contributed by atoms with Gasteiger partial charge >= 0.3 is 0 Å². The zero-order valence-electron chi connectivity index (χ0n) is 37.4. The van der Waals surface area contributed by atoms with E-state index in [-0.39, 0.29) is 29.5 Å². The van der Waals surface area contributed by atoms with E-state index in [0.717, 1.165) is 53.2 Å². The number of sulfonamides is 1. The molecule has 0 bridgehead atoms. The minimum atomic E-state index is -3.91. The van der Waals surface area contributed by atoms with Crippen molar-refractivity contribution >= 4 is 24.0 Å². The highest BCUT2D eigenvalue weighted by atomic mass is 32.2. The molecule has 1 saturated heterocycles. The number of benzene rings is 3.